The third-order valence-corrected chi connectivity index (χ3v) is 4.62. The number of rotatable bonds is 3. The lowest BCUT2D eigenvalue weighted by atomic mass is 10.2. The van der Waals surface area contributed by atoms with Gasteiger partial charge in [-0.25, -0.2) is 8.78 Å². The molecule has 0 unspecified atom stereocenters. The minimum Gasteiger partial charge on any atom is -0.399 e. The Labute approximate surface area is 125 Å². The molecule has 0 spiro atoms. The van der Waals surface area contributed by atoms with E-state index in [2.05, 4.69) is 10.2 Å². The summed E-state index contributed by atoms with van der Waals surface area (Å²) >= 11 is 1.24. The van der Waals surface area contributed by atoms with Crippen molar-refractivity contribution in [2.24, 2.45) is 0 Å². The van der Waals surface area contributed by atoms with E-state index in [0.717, 1.165) is 38.1 Å². The fourth-order valence-electron chi connectivity index (χ4n) is 2.46. The Hall–Kier alpha value is -1.63. The van der Waals surface area contributed by atoms with Gasteiger partial charge in [-0.05, 0) is 42.8 Å². The molecule has 2 heterocycles. The van der Waals surface area contributed by atoms with Crippen LogP contribution in [0.15, 0.2) is 28.3 Å². The van der Waals surface area contributed by atoms with Gasteiger partial charge in [0.15, 0.2) is 5.16 Å². The molecule has 4 nitrogen and oxygen atoms in total. The molecule has 2 N–H and O–H groups in total. The lowest BCUT2D eigenvalue weighted by molar-refractivity contribution is 0.148. The highest BCUT2D eigenvalue weighted by atomic mass is 32.2. The van der Waals surface area contributed by atoms with Gasteiger partial charge in [-0.2, -0.15) is 0 Å². The zero-order valence-corrected chi connectivity index (χ0v) is 12.2. The van der Waals surface area contributed by atoms with Gasteiger partial charge in [0.1, 0.15) is 5.82 Å². The van der Waals surface area contributed by atoms with Crippen molar-refractivity contribution in [3.05, 3.63) is 29.6 Å². The summed E-state index contributed by atoms with van der Waals surface area (Å²) in [5.41, 5.74) is 5.89. The Kier molecular flexibility index (Phi) is 4.10. The lowest BCUT2D eigenvalue weighted by Crippen LogP contribution is -2.02. The van der Waals surface area contributed by atoms with Gasteiger partial charge >= 0.3 is 0 Å². The predicted molar refractivity (Wildman–Crippen MR) is 77.5 cm³/mol. The van der Waals surface area contributed by atoms with E-state index in [1.54, 1.807) is 12.1 Å². The Morgan fingerprint density at radius 1 is 1.19 bits per heavy atom. The Balaban J connectivity index is 1.92. The average Bonchev–Trinajstić information content (AvgIpc) is 2.69. The molecule has 0 fully saturated rings. The zero-order valence-electron chi connectivity index (χ0n) is 11.4. The quantitative estimate of drug-likeness (QED) is 0.879. The second-order valence-corrected chi connectivity index (χ2v) is 6.07. The number of aryl methyl sites for hydroxylation is 1. The SMILES string of the molecule is Nc1ccc(Sc2nnc3n2CCCCC3)c(C(F)F)c1. The van der Waals surface area contributed by atoms with Crippen LogP contribution in [-0.4, -0.2) is 14.8 Å². The lowest BCUT2D eigenvalue weighted by Gasteiger charge is -2.10. The van der Waals surface area contributed by atoms with Gasteiger partial charge in [0.25, 0.3) is 6.43 Å². The normalized spacial score (nSPS) is 15.0. The molecule has 0 saturated heterocycles. The van der Waals surface area contributed by atoms with Crippen molar-refractivity contribution >= 4 is 17.4 Å². The number of fused-ring (bicyclic) bond motifs is 1. The first-order chi connectivity index (χ1) is 10.1. The molecule has 0 saturated carbocycles. The number of hydrogen-bond donors (Lipinski definition) is 1. The third kappa shape index (κ3) is 3.02. The number of aromatic nitrogens is 3. The third-order valence-electron chi connectivity index (χ3n) is 3.55. The topological polar surface area (TPSA) is 56.7 Å². The Bertz CT molecular complexity index is 642. The van der Waals surface area contributed by atoms with Crippen LogP contribution in [0.25, 0.3) is 0 Å². The van der Waals surface area contributed by atoms with Crippen LogP contribution >= 0.6 is 11.8 Å². The Morgan fingerprint density at radius 3 is 2.86 bits per heavy atom. The molecule has 1 aliphatic heterocycles. The van der Waals surface area contributed by atoms with Gasteiger partial charge in [-0.1, -0.05) is 6.42 Å². The van der Waals surface area contributed by atoms with Gasteiger partial charge in [-0.3, -0.25) is 0 Å². The number of halogens is 2. The second kappa shape index (κ2) is 6.01. The highest BCUT2D eigenvalue weighted by Crippen LogP contribution is 2.36. The van der Waals surface area contributed by atoms with E-state index in [0.29, 0.717) is 15.7 Å². The molecule has 0 aliphatic carbocycles. The van der Waals surface area contributed by atoms with Crippen LogP contribution in [0.3, 0.4) is 0 Å². The zero-order chi connectivity index (χ0) is 14.8. The van der Waals surface area contributed by atoms with Gasteiger partial charge in [-0.15, -0.1) is 10.2 Å². The van der Waals surface area contributed by atoms with Crippen LogP contribution in [-0.2, 0) is 13.0 Å². The summed E-state index contributed by atoms with van der Waals surface area (Å²) in [7, 11) is 0. The maximum atomic E-state index is 13.1. The maximum absolute atomic E-state index is 13.1. The number of anilines is 1. The summed E-state index contributed by atoms with van der Waals surface area (Å²) in [5.74, 6) is 0.948. The second-order valence-electron chi connectivity index (χ2n) is 5.06. The van der Waals surface area contributed by atoms with Gasteiger partial charge in [0.2, 0.25) is 0 Å². The summed E-state index contributed by atoms with van der Waals surface area (Å²) in [5, 5.41) is 9.02. The first-order valence-electron chi connectivity index (χ1n) is 6.92. The summed E-state index contributed by atoms with van der Waals surface area (Å²) in [6, 6.07) is 4.58. The van der Waals surface area contributed by atoms with Crippen molar-refractivity contribution in [3.63, 3.8) is 0 Å². The average molecular weight is 310 g/mol. The van der Waals surface area contributed by atoms with Crippen LogP contribution in [0.5, 0.6) is 0 Å². The highest BCUT2D eigenvalue weighted by Gasteiger charge is 2.19. The van der Waals surface area contributed by atoms with Crippen LogP contribution in [0.2, 0.25) is 0 Å². The molecule has 7 heteroatoms. The van der Waals surface area contributed by atoms with E-state index in [1.807, 2.05) is 4.57 Å². The largest absolute Gasteiger partial charge is 0.399 e. The van der Waals surface area contributed by atoms with Crippen molar-refractivity contribution in [1.82, 2.24) is 14.8 Å². The van der Waals surface area contributed by atoms with Crippen molar-refractivity contribution in [1.29, 1.82) is 0 Å². The molecule has 2 aromatic rings. The smallest absolute Gasteiger partial charge is 0.265 e. The van der Waals surface area contributed by atoms with E-state index in [1.165, 1.54) is 17.8 Å². The standard InChI is InChI=1S/C14H16F2N4S/c15-13(16)10-8-9(17)5-6-11(10)21-14-19-18-12-4-2-1-3-7-20(12)14/h5-6,8,13H,1-4,7,17H2. The molecular weight excluding hydrogens is 294 g/mol. The van der Waals surface area contributed by atoms with Crippen LogP contribution in [0, 0.1) is 0 Å². The fraction of sp³-hybridized carbons (Fsp3) is 0.429. The van der Waals surface area contributed by atoms with E-state index in [9.17, 15) is 8.78 Å². The first-order valence-corrected chi connectivity index (χ1v) is 7.74. The van der Waals surface area contributed by atoms with Crippen LogP contribution < -0.4 is 5.73 Å². The van der Waals surface area contributed by atoms with Crippen LogP contribution in [0.4, 0.5) is 14.5 Å². The van der Waals surface area contributed by atoms with Gasteiger partial charge in [0.05, 0.1) is 0 Å². The molecule has 0 atom stereocenters. The summed E-state index contributed by atoms with van der Waals surface area (Å²) in [6.07, 6.45) is 1.69. The van der Waals surface area contributed by atoms with E-state index < -0.39 is 6.43 Å². The minimum atomic E-state index is -2.55. The van der Waals surface area contributed by atoms with E-state index >= 15 is 0 Å². The molecule has 1 aromatic heterocycles. The number of nitrogens with zero attached hydrogens (tertiary/aromatic N) is 3. The Morgan fingerprint density at radius 2 is 2.05 bits per heavy atom. The number of hydrogen-bond acceptors (Lipinski definition) is 4. The molecule has 0 amide bonds. The number of nitrogen functional groups attached to an aromatic ring is 1. The van der Waals surface area contributed by atoms with Crippen molar-refractivity contribution < 1.29 is 8.78 Å². The molecule has 112 valence electrons. The molecule has 0 bridgehead atoms. The summed E-state index contributed by atoms with van der Waals surface area (Å²) in [6.45, 7) is 0.851. The van der Waals surface area contributed by atoms with Crippen molar-refractivity contribution in [3.8, 4) is 0 Å². The molecular formula is C14H16F2N4S. The molecule has 0 radical (unpaired) electrons. The van der Waals surface area contributed by atoms with Crippen molar-refractivity contribution in [2.75, 3.05) is 5.73 Å². The van der Waals surface area contributed by atoms with Gasteiger partial charge < -0.3 is 10.3 Å². The first kappa shape index (κ1) is 14.3. The van der Waals surface area contributed by atoms with Gasteiger partial charge in [0, 0.05) is 29.1 Å². The highest BCUT2D eigenvalue weighted by molar-refractivity contribution is 7.99. The van der Waals surface area contributed by atoms with Crippen molar-refractivity contribution in [2.45, 2.75) is 48.7 Å². The number of benzene rings is 1. The number of nitrogens with two attached hydrogens (primary N) is 1. The summed E-state index contributed by atoms with van der Waals surface area (Å²) in [4.78, 5) is 0.485. The van der Waals surface area contributed by atoms with E-state index in [-0.39, 0.29) is 5.56 Å². The van der Waals surface area contributed by atoms with E-state index in [4.69, 9.17) is 5.73 Å². The molecule has 21 heavy (non-hydrogen) atoms. The monoisotopic (exact) mass is 310 g/mol. The summed E-state index contributed by atoms with van der Waals surface area (Å²) < 4.78 is 28.3. The molecule has 1 aliphatic rings. The van der Waals surface area contributed by atoms with Crippen LogP contribution in [0.1, 0.15) is 37.1 Å². The maximum Gasteiger partial charge on any atom is 0.265 e. The predicted octanol–water partition coefficient (Wildman–Crippen LogP) is 3.68. The molecule has 1 aromatic carbocycles. The fourth-order valence-corrected chi connectivity index (χ4v) is 3.45. The molecule has 3 rings (SSSR count). The number of alkyl halides is 2. The minimum absolute atomic E-state index is 0.0500.